The van der Waals surface area contributed by atoms with Crippen LogP contribution < -0.4 is 10.3 Å². The molecule has 1 aliphatic rings. The second-order valence-corrected chi connectivity index (χ2v) is 6.59. The molecule has 0 aromatic carbocycles. The van der Waals surface area contributed by atoms with E-state index < -0.39 is 5.82 Å². The van der Waals surface area contributed by atoms with Crippen LogP contribution in [0.5, 0.6) is 6.01 Å². The molecule has 0 bridgehead atoms. The number of halogens is 1. The summed E-state index contributed by atoms with van der Waals surface area (Å²) in [6, 6.07) is 4.68. The van der Waals surface area contributed by atoms with Crippen molar-refractivity contribution in [3.05, 3.63) is 64.7 Å². The predicted octanol–water partition coefficient (Wildman–Crippen LogP) is 2.46. The third kappa shape index (κ3) is 4.16. The SMILES string of the molecule is O=c1ccc(-c2cnc(OCC3CCC3)nc2)nn1Cc1cncc(F)c1. The molecule has 4 rings (SSSR count). The number of hydrogen-bond donors (Lipinski definition) is 0. The molecule has 138 valence electrons. The first-order valence-corrected chi connectivity index (χ1v) is 8.80. The third-order valence-electron chi connectivity index (χ3n) is 4.56. The lowest BCUT2D eigenvalue weighted by Crippen LogP contribution is -2.23. The Labute approximate surface area is 154 Å². The Balaban J connectivity index is 1.50. The molecule has 0 aliphatic heterocycles. The highest BCUT2D eigenvalue weighted by atomic mass is 19.1. The minimum Gasteiger partial charge on any atom is -0.463 e. The van der Waals surface area contributed by atoms with E-state index in [1.54, 1.807) is 18.5 Å². The third-order valence-corrected chi connectivity index (χ3v) is 4.56. The molecule has 0 atom stereocenters. The van der Waals surface area contributed by atoms with Gasteiger partial charge in [0.1, 0.15) is 5.82 Å². The van der Waals surface area contributed by atoms with Crippen molar-refractivity contribution in [3.8, 4) is 17.3 Å². The van der Waals surface area contributed by atoms with Crippen LogP contribution in [0.3, 0.4) is 0 Å². The van der Waals surface area contributed by atoms with Gasteiger partial charge < -0.3 is 4.74 Å². The van der Waals surface area contributed by atoms with Gasteiger partial charge in [-0.1, -0.05) is 6.42 Å². The molecule has 0 radical (unpaired) electrons. The van der Waals surface area contributed by atoms with Crippen LogP contribution in [0.1, 0.15) is 24.8 Å². The summed E-state index contributed by atoms with van der Waals surface area (Å²) in [7, 11) is 0. The smallest absolute Gasteiger partial charge is 0.316 e. The summed E-state index contributed by atoms with van der Waals surface area (Å²) in [4.78, 5) is 24.3. The normalized spacial score (nSPS) is 14.0. The minimum atomic E-state index is -0.456. The molecule has 0 saturated heterocycles. The molecule has 7 nitrogen and oxygen atoms in total. The lowest BCUT2D eigenvalue weighted by atomic mass is 9.86. The number of nitrogens with zero attached hydrogens (tertiary/aromatic N) is 5. The van der Waals surface area contributed by atoms with Gasteiger partial charge >= 0.3 is 6.01 Å². The zero-order valence-electron chi connectivity index (χ0n) is 14.6. The molecule has 0 unspecified atom stereocenters. The highest BCUT2D eigenvalue weighted by Crippen LogP contribution is 2.26. The molecule has 8 heteroatoms. The molecular formula is C19H18FN5O2. The average Bonchev–Trinajstić information content (AvgIpc) is 2.63. The van der Waals surface area contributed by atoms with E-state index in [-0.39, 0.29) is 12.1 Å². The summed E-state index contributed by atoms with van der Waals surface area (Å²) < 4.78 is 20.1. The Kier molecular flexibility index (Phi) is 4.86. The standard InChI is InChI=1S/C19H18FN5O2/c20-16-6-14(7-21-10-16)11-25-18(26)5-4-17(24-25)15-8-22-19(23-9-15)27-12-13-2-1-3-13/h4-10,13H,1-3,11-12H2. The molecule has 1 fully saturated rings. The Morgan fingerprint density at radius 2 is 1.96 bits per heavy atom. The summed E-state index contributed by atoms with van der Waals surface area (Å²) in [5.41, 5.74) is 1.48. The van der Waals surface area contributed by atoms with Crippen LogP contribution in [0, 0.1) is 11.7 Å². The Hall–Kier alpha value is -3.16. The van der Waals surface area contributed by atoms with E-state index in [1.807, 2.05) is 0 Å². The zero-order chi connectivity index (χ0) is 18.6. The molecule has 0 spiro atoms. The number of pyridine rings is 1. The fourth-order valence-corrected chi connectivity index (χ4v) is 2.81. The molecule has 3 aromatic heterocycles. The Morgan fingerprint density at radius 1 is 1.15 bits per heavy atom. The fourth-order valence-electron chi connectivity index (χ4n) is 2.81. The van der Waals surface area contributed by atoms with Gasteiger partial charge in [0.2, 0.25) is 0 Å². The molecule has 3 heterocycles. The van der Waals surface area contributed by atoms with Crippen molar-refractivity contribution in [1.82, 2.24) is 24.7 Å². The van der Waals surface area contributed by atoms with Gasteiger partial charge in [-0.05, 0) is 36.5 Å². The summed E-state index contributed by atoms with van der Waals surface area (Å²) >= 11 is 0. The van der Waals surface area contributed by atoms with E-state index in [9.17, 15) is 9.18 Å². The lowest BCUT2D eigenvalue weighted by molar-refractivity contribution is 0.170. The van der Waals surface area contributed by atoms with E-state index in [2.05, 4.69) is 20.1 Å². The quantitative estimate of drug-likeness (QED) is 0.666. The molecule has 1 aliphatic carbocycles. The van der Waals surface area contributed by atoms with Crippen molar-refractivity contribution in [2.75, 3.05) is 6.61 Å². The summed E-state index contributed by atoms with van der Waals surface area (Å²) in [6.45, 7) is 0.769. The molecule has 1 saturated carbocycles. The van der Waals surface area contributed by atoms with Crippen molar-refractivity contribution < 1.29 is 9.13 Å². The second kappa shape index (κ2) is 7.61. The van der Waals surface area contributed by atoms with Crippen LogP contribution in [0.25, 0.3) is 11.3 Å². The maximum Gasteiger partial charge on any atom is 0.316 e. The minimum absolute atomic E-state index is 0.126. The van der Waals surface area contributed by atoms with Crippen molar-refractivity contribution in [3.63, 3.8) is 0 Å². The van der Waals surface area contributed by atoms with Crippen molar-refractivity contribution >= 4 is 0 Å². The van der Waals surface area contributed by atoms with Gasteiger partial charge in [0.15, 0.2) is 0 Å². The average molecular weight is 367 g/mol. The largest absolute Gasteiger partial charge is 0.463 e. The van der Waals surface area contributed by atoms with Gasteiger partial charge in [-0.3, -0.25) is 9.78 Å². The van der Waals surface area contributed by atoms with Crippen LogP contribution in [0.4, 0.5) is 4.39 Å². The van der Waals surface area contributed by atoms with Crippen LogP contribution in [-0.2, 0) is 6.54 Å². The van der Waals surface area contributed by atoms with Gasteiger partial charge in [0.05, 0.1) is 25.0 Å². The summed E-state index contributed by atoms with van der Waals surface area (Å²) in [6.07, 6.45) is 9.51. The van der Waals surface area contributed by atoms with Crippen molar-refractivity contribution in [2.45, 2.75) is 25.8 Å². The van der Waals surface area contributed by atoms with E-state index in [4.69, 9.17) is 4.74 Å². The van der Waals surface area contributed by atoms with Crippen molar-refractivity contribution in [1.29, 1.82) is 0 Å². The number of hydrogen-bond acceptors (Lipinski definition) is 6. The maximum atomic E-state index is 13.3. The Morgan fingerprint density at radius 3 is 2.67 bits per heavy atom. The van der Waals surface area contributed by atoms with Gasteiger partial charge in [-0.2, -0.15) is 5.10 Å². The molecule has 3 aromatic rings. The van der Waals surface area contributed by atoms with Gasteiger partial charge in [-0.15, -0.1) is 0 Å². The first-order valence-electron chi connectivity index (χ1n) is 8.80. The first kappa shape index (κ1) is 17.3. The summed E-state index contributed by atoms with van der Waals surface area (Å²) in [5, 5.41) is 4.33. The van der Waals surface area contributed by atoms with Crippen LogP contribution in [-0.4, -0.2) is 31.3 Å². The van der Waals surface area contributed by atoms with E-state index in [1.165, 1.54) is 42.3 Å². The highest BCUT2D eigenvalue weighted by Gasteiger charge is 2.18. The summed E-state index contributed by atoms with van der Waals surface area (Å²) in [5.74, 6) is 0.151. The number of rotatable bonds is 6. The lowest BCUT2D eigenvalue weighted by Gasteiger charge is -2.24. The van der Waals surface area contributed by atoms with Crippen LogP contribution >= 0.6 is 0 Å². The topological polar surface area (TPSA) is 82.8 Å². The second-order valence-electron chi connectivity index (χ2n) is 6.59. The van der Waals surface area contributed by atoms with Gasteiger partial charge in [0, 0.05) is 30.2 Å². The maximum absolute atomic E-state index is 13.3. The highest BCUT2D eigenvalue weighted by molar-refractivity contribution is 5.55. The molecule has 0 N–H and O–H groups in total. The molecule has 27 heavy (non-hydrogen) atoms. The zero-order valence-corrected chi connectivity index (χ0v) is 14.6. The van der Waals surface area contributed by atoms with Crippen molar-refractivity contribution in [2.24, 2.45) is 5.92 Å². The van der Waals surface area contributed by atoms with Crippen LogP contribution in [0.2, 0.25) is 0 Å². The molecule has 0 amide bonds. The predicted molar refractivity (Wildman–Crippen MR) is 95.7 cm³/mol. The first-order chi connectivity index (χ1) is 13.2. The van der Waals surface area contributed by atoms with E-state index in [0.29, 0.717) is 35.4 Å². The van der Waals surface area contributed by atoms with E-state index >= 15 is 0 Å². The van der Waals surface area contributed by atoms with Crippen LogP contribution in [0.15, 0.2) is 47.8 Å². The Bertz CT molecular complexity index is 986. The monoisotopic (exact) mass is 367 g/mol. The van der Waals surface area contributed by atoms with Gasteiger partial charge in [-0.25, -0.2) is 19.0 Å². The molecular weight excluding hydrogens is 349 g/mol. The number of ether oxygens (including phenoxy) is 1. The van der Waals surface area contributed by atoms with Gasteiger partial charge in [0.25, 0.3) is 5.56 Å². The van der Waals surface area contributed by atoms with E-state index in [0.717, 1.165) is 6.20 Å². The fraction of sp³-hybridized carbons (Fsp3) is 0.316. The number of aromatic nitrogens is 5.